The molecule has 4 rings (SSSR count). The van der Waals surface area contributed by atoms with Gasteiger partial charge in [0.15, 0.2) is 0 Å². The van der Waals surface area contributed by atoms with Gasteiger partial charge in [0.25, 0.3) is 0 Å². The average molecular weight is 269 g/mol. The molecule has 0 spiro atoms. The number of carbonyl (C=O) groups excluding carboxylic acids is 2. The van der Waals surface area contributed by atoms with Crippen LogP contribution in [0.25, 0.3) is 0 Å². The fourth-order valence-corrected chi connectivity index (χ4v) is 3.16. The minimum absolute atomic E-state index is 0.0436. The molecule has 3 aliphatic rings. The lowest BCUT2D eigenvalue weighted by atomic mass is 9.95. The van der Waals surface area contributed by atoms with Crippen LogP contribution in [0, 0.1) is 11.8 Å². The maximum absolute atomic E-state index is 11.7. The SMILES string of the molecule is CN1C(=O)CCc2cc(C3=NNC(=O)C4CC34)ccc21. The Labute approximate surface area is 116 Å². The highest BCUT2D eigenvalue weighted by Gasteiger charge is 2.49. The number of hydrogen-bond acceptors (Lipinski definition) is 3. The Kier molecular flexibility index (Phi) is 2.28. The topological polar surface area (TPSA) is 61.8 Å². The molecule has 1 N–H and O–H groups in total. The molecule has 1 fully saturated rings. The van der Waals surface area contributed by atoms with Crippen molar-refractivity contribution in [2.45, 2.75) is 19.3 Å². The third kappa shape index (κ3) is 1.59. The van der Waals surface area contributed by atoms with E-state index in [1.54, 1.807) is 4.90 Å². The highest BCUT2D eigenvalue weighted by Crippen LogP contribution is 2.43. The van der Waals surface area contributed by atoms with Gasteiger partial charge in [0.1, 0.15) is 0 Å². The fraction of sp³-hybridized carbons (Fsp3) is 0.400. The van der Waals surface area contributed by atoms with Crippen LogP contribution in [0.1, 0.15) is 24.0 Å². The Bertz CT molecular complexity index is 665. The molecule has 5 heteroatoms. The predicted molar refractivity (Wildman–Crippen MR) is 74.4 cm³/mol. The van der Waals surface area contributed by atoms with Crippen molar-refractivity contribution in [2.24, 2.45) is 16.9 Å². The summed E-state index contributed by atoms with van der Waals surface area (Å²) in [6, 6.07) is 6.10. The molecule has 0 saturated heterocycles. The first-order valence-corrected chi connectivity index (χ1v) is 6.92. The van der Waals surface area contributed by atoms with E-state index in [0.717, 1.165) is 29.8 Å². The summed E-state index contributed by atoms with van der Waals surface area (Å²) in [7, 11) is 1.81. The number of benzene rings is 1. The van der Waals surface area contributed by atoms with Gasteiger partial charge in [0, 0.05) is 31.0 Å². The van der Waals surface area contributed by atoms with Gasteiger partial charge in [0.05, 0.1) is 5.71 Å². The molecule has 20 heavy (non-hydrogen) atoms. The first kappa shape index (κ1) is 11.6. The number of fused-ring (bicyclic) bond motifs is 2. The van der Waals surface area contributed by atoms with Crippen LogP contribution in [0.3, 0.4) is 0 Å². The Morgan fingerprint density at radius 1 is 1.25 bits per heavy atom. The van der Waals surface area contributed by atoms with E-state index in [1.165, 1.54) is 5.56 Å². The molecule has 2 atom stereocenters. The summed E-state index contributed by atoms with van der Waals surface area (Å²) in [6.07, 6.45) is 2.24. The largest absolute Gasteiger partial charge is 0.315 e. The van der Waals surface area contributed by atoms with Crippen molar-refractivity contribution >= 4 is 23.2 Å². The molecule has 2 amide bonds. The standard InChI is InChI=1S/C15H15N3O2/c1-18-12-4-2-9(6-8(12)3-5-13(18)19)14-10-7-11(10)15(20)17-16-14/h2,4,6,10-11H,3,5,7H2,1H3,(H,17,20). The third-order valence-corrected chi connectivity index (χ3v) is 4.48. The number of anilines is 1. The van der Waals surface area contributed by atoms with Gasteiger partial charge in [-0.05, 0) is 36.1 Å². The van der Waals surface area contributed by atoms with Crippen molar-refractivity contribution in [1.29, 1.82) is 0 Å². The number of hydrazone groups is 1. The lowest BCUT2D eigenvalue weighted by molar-refractivity contribution is -0.122. The van der Waals surface area contributed by atoms with Crippen molar-refractivity contribution in [3.63, 3.8) is 0 Å². The average Bonchev–Trinajstić information content (AvgIpc) is 3.24. The minimum Gasteiger partial charge on any atom is -0.315 e. The summed E-state index contributed by atoms with van der Waals surface area (Å²) in [6.45, 7) is 0. The van der Waals surface area contributed by atoms with Gasteiger partial charge in [-0.15, -0.1) is 0 Å². The molecule has 1 aliphatic carbocycles. The zero-order chi connectivity index (χ0) is 13.9. The van der Waals surface area contributed by atoms with Crippen molar-refractivity contribution in [2.75, 3.05) is 11.9 Å². The van der Waals surface area contributed by atoms with Crippen LogP contribution in [-0.2, 0) is 16.0 Å². The molecule has 0 aromatic heterocycles. The molecule has 1 saturated carbocycles. The Hall–Kier alpha value is -2.17. The summed E-state index contributed by atoms with van der Waals surface area (Å²) in [5.74, 6) is 0.601. The number of nitrogens with zero attached hydrogens (tertiary/aromatic N) is 2. The first-order valence-electron chi connectivity index (χ1n) is 6.92. The van der Waals surface area contributed by atoms with E-state index in [9.17, 15) is 9.59 Å². The number of aryl methyl sites for hydroxylation is 1. The second kappa shape index (κ2) is 3.91. The zero-order valence-corrected chi connectivity index (χ0v) is 11.2. The molecule has 2 heterocycles. The molecule has 2 aliphatic heterocycles. The monoisotopic (exact) mass is 269 g/mol. The van der Waals surface area contributed by atoms with E-state index >= 15 is 0 Å². The van der Waals surface area contributed by atoms with Crippen LogP contribution in [0.4, 0.5) is 5.69 Å². The number of nitrogens with one attached hydrogen (secondary N) is 1. The van der Waals surface area contributed by atoms with Gasteiger partial charge in [-0.25, -0.2) is 5.43 Å². The maximum atomic E-state index is 11.7. The van der Waals surface area contributed by atoms with E-state index in [-0.39, 0.29) is 23.7 Å². The number of hydrogen-bond donors (Lipinski definition) is 1. The zero-order valence-electron chi connectivity index (χ0n) is 11.2. The third-order valence-electron chi connectivity index (χ3n) is 4.48. The van der Waals surface area contributed by atoms with E-state index < -0.39 is 0 Å². The molecule has 2 unspecified atom stereocenters. The number of rotatable bonds is 1. The summed E-state index contributed by atoms with van der Waals surface area (Å²) >= 11 is 0. The minimum atomic E-state index is 0.0436. The smallest absolute Gasteiger partial charge is 0.243 e. The van der Waals surface area contributed by atoms with Crippen LogP contribution in [0.15, 0.2) is 23.3 Å². The van der Waals surface area contributed by atoms with E-state index in [1.807, 2.05) is 19.2 Å². The molecular formula is C15H15N3O2. The van der Waals surface area contributed by atoms with Crippen molar-refractivity contribution in [3.05, 3.63) is 29.3 Å². The van der Waals surface area contributed by atoms with Crippen LogP contribution >= 0.6 is 0 Å². The van der Waals surface area contributed by atoms with Crippen LogP contribution in [-0.4, -0.2) is 24.6 Å². The molecule has 1 aromatic carbocycles. The van der Waals surface area contributed by atoms with Crippen LogP contribution in [0.2, 0.25) is 0 Å². The highest BCUT2D eigenvalue weighted by molar-refractivity contribution is 6.10. The summed E-state index contributed by atoms with van der Waals surface area (Å²) in [4.78, 5) is 24.9. The summed E-state index contributed by atoms with van der Waals surface area (Å²) in [5, 5.41) is 4.22. The molecule has 102 valence electrons. The van der Waals surface area contributed by atoms with Gasteiger partial charge in [-0.1, -0.05) is 6.07 Å². The number of amides is 2. The Morgan fingerprint density at radius 2 is 2.10 bits per heavy atom. The Morgan fingerprint density at radius 3 is 2.95 bits per heavy atom. The highest BCUT2D eigenvalue weighted by atomic mass is 16.2. The molecule has 0 radical (unpaired) electrons. The molecule has 0 bridgehead atoms. The van der Waals surface area contributed by atoms with E-state index in [4.69, 9.17) is 0 Å². The van der Waals surface area contributed by atoms with Gasteiger partial charge in [0.2, 0.25) is 11.8 Å². The number of carbonyl (C=O) groups is 2. The summed E-state index contributed by atoms with van der Waals surface area (Å²) in [5.41, 5.74) is 6.82. The first-order chi connectivity index (χ1) is 9.65. The van der Waals surface area contributed by atoms with Gasteiger partial charge in [-0.2, -0.15) is 5.10 Å². The van der Waals surface area contributed by atoms with Gasteiger partial charge >= 0.3 is 0 Å². The van der Waals surface area contributed by atoms with E-state index in [0.29, 0.717) is 6.42 Å². The van der Waals surface area contributed by atoms with Crippen molar-refractivity contribution in [1.82, 2.24) is 5.43 Å². The maximum Gasteiger partial charge on any atom is 0.243 e. The second-order valence-electron chi connectivity index (χ2n) is 5.72. The molecule has 1 aromatic rings. The van der Waals surface area contributed by atoms with Gasteiger partial charge < -0.3 is 4.90 Å². The van der Waals surface area contributed by atoms with Crippen molar-refractivity contribution < 1.29 is 9.59 Å². The van der Waals surface area contributed by atoms with Crippen LogP contribution in [0.5, 0.6) is 0 Å². The van der Waals surface area contributed by atoms with Crippen LogP contribution < -0.4 is 10.3 Å². The summed E-state index contributed by atoms with van der Waals surface area (Å²) < 4.78 is 0. The normalized spacial score (nSPS) is 27.4. The fourth-order valence-electron chi connectivity index (χ4n) is 3.16. The molecule has 5 nitrogen and oxygen atoms in total. The lowest BCUT2D eigenvalue weighted by Crippen LogP contribution is -2.32. The van der Waals surface area contributed by atoms with Gasteiger partial charge in [-0.3, -0.25) is 9.59 Å². The van der Waals surface area contributed by atoms with E-state index in [2.05, 4.69) is 16.6 Å². The van der Waals surface area contributed by atoms with Crippen molar-refractivity contribution in [3.8, 4) is 0 Å². The quantitative estimate of drug-likeness (QED) is 0.829. The molecular weight excluding hydrogens is 254 g/mol. The predicted octanol–water partition coefficient (Wildman–Crippen LogP) is 1.07. The lowest BCUT2D eigenvalue weighted by Gasteiger charge is -2.26. The second-order valence-corrected chi connectivity index (χ2v) is 5.72. The Balaban J connectivity index is 1.72.